The Morgan fingerprint density at radius 2 is 1.82 bits per heavy atom. The monoisotopic (exact) mass is 563 g/mol. The van der Waals surface area contributed by atoms with Gasteiger partial charge in [-0.3, -0.25) is 4.79 Å². The molecule has 3 aromatic carbocycles. The first-order valence-corrected chi connectivity index (χ1v) is 14.1. The van der Waals surface area contributed by atoms with Crippen molar-refractivity contribution >= 4 is 45.7 Å². The molecule has 2 aliphatic rings. The van der Waals surface area contributed by atoms with Crippen LogP contribution in [0.5, 0.6) is 0 Å². The van der Waals surface area contributed by atoms with Crippen LogP contribution in [0.2, 0.25) is 5.02 Å². The van der Waals surface area contributed by atoms with Gasteiger partial charge in [-0.05, 0) is 35.4 Å². The smallest absolute Gasteiger partial charge is 0.367 e. The zero-order chi connectivity index (χ0) is 28.9. The molecule has 0 radical (unpaired) electrons. The summed E-state index contributed by atoms with van der Waals surface area (Å²) in [6, 6.07) is 19.2. The van der Waals surface area contributed by atoms with E-state index in [1.165, 1.54) is 6.92 Å². The van der Waals surface area contributed by atoms with Crippen molar-refractivity contribution in [1.29, 1.82) is 0 Å². The molecule has 0 bridgehead atoms. The number of rotatable bonds is 5. The number of halogens is 1. The number of carboxylic acid groups (broad SMARTS) is 1. The van der Waals surface area contributed by atoms with Gasteiger partial charge < -0.3 is 15.2 Å². The molecule has 210 valence electrons. The maximum Gasteiger partial charge on any atom is 0.367 e. The van der Waals surface area contributed by atoms with Crippen LogP contribution in [0.15, 0.2) is 60.7 Å². The van der Waals surface area contributed by atoms with E-state index in [0.29, 0.717) is 22.8 Å². The quantitative estimate of drug-likeness (QED) is 0.397. The first-order valence-electron chi connectivity index (χ1n) is 13.7. The van der Waals surface area contributed by atoms with Gasteiger partial charge in [0.25, 0.3) is 0 Å². The third-order valence-corrected chi connectivity index (χ3v) is 8.69. The fourth-order valence-corrected chi connectivity index (χ4v) is 7.18. The van der Waals surface area contributed by atoms with Gasteiger partial charge in [-0.25, -0.2) is 14.1 Å². The maximum atomic E-state index is 14.7. The number of amides is 1. The van der Waals surface area contributed by atoms with Gasteiger partial charge in [0.2, 0.25) is 5.54 Å². The first kappa shape index (κ1) is 28.4. The third kappa shape index (κ3) is 4.45. The van der Waals surface area contributed by atoms with Gasteiger partial charge in [-0.2, -0.15) is 0 Å². The Kier molecular flexibility index (Phi) is 7.38. The lowest BCUT2D eigenvalue weighted by Gasteiger charge is -2.54. The zero-order valence-electron chi connectivity index (χ0n) is 23.4. The Bertz CT molecular complexity index is 1490. The van der Waals surface area contributed by atoms with Gasteiger partial charge in [0.1, 0.15) is 17.6 Å². The highest BCUT2D eigenvalue weighted by atomic mass is 35.5. The SMILES string of the molecule is CC(=O)[C@H]1CNCC[C@]1(C(=O)O)[N@+]1(CC(C)(C)C)C(=O)COC(c2cccc3ccccc23)c2cc(Cl)ccc21. The van der Waals surface area contributed by atoms with E-state index in [2.05, 4.69) is 5.32 Å². The summed E-state index contributed by atoms with van der Waals surface area (Å²) in [5, 5.41) is 16.8. The van der Waals surface area contributed by atoms with Crippen molar-refractivity contribution in [2.75, 3.05) is 26.2 Å². The van der Waals surface area contributed by atoms with Crippen molar-refractivity contribution in [3.8, 4) is 0 Å². The number of piperidine rings is 1. The van der Waals surface area contributed by atoms with Crippen LogP contribution in [0, 0.1) is 11.3 Å². The lowest BCUT2D eigenvalue weighted by molar-refractivity contribution is -0.170. The topological polar surface area (TPSA) is 92.7 Å². The first-order chi connectivity index (χ1) is 18.9. The van der Waals surface area contributed by atoms with E-state index in [1.807, 2.05) is 63.2 Å². The van der Waals surface area contributed by atoms with Crippen LogP contribution in [0.1, 0.15) is 51.3 Å². The predicted molar refractivity (Wildman–Crippen MR) is 156 cm³/mol. The van der Waals surface area contributed by atoms with Crippen molar-refractivity contribution in [2.24, 2.45) is 11.3 Å². The molecule has 3 aromatic rings. The highest BCUT2D eigenvalue weighted by Gasteiger charge is 2.70. The Morgan fingerprint density at radius 3 is 2.52 bits per heavy atom. The summed E-state index contributed by atoms with van der Waals surface area (Å²) < 4.78 is 5.93. The summed E-state index contributed by atoms with van der Waals surface area (Å²) in [4.78, 5) is 41.5. The van der Waals surface area contributed by atoms with Gasteiger partial charge in [0.05, 0.1) is 12.5 Å². The van der Waals surface area contributed by atoms with Gasteiger partial charge in [0, 0.05) is 41.6 Å². The number of aliphatic carboxylic acids is 1. The van der Waals surface area contributed by atoms with E-state index in [9.17, 15) is 19.5 Å². The molecule has 0 spiro atoms. The lowest BCUT2D eigenvalue weighted by atomic mass is 9.70. The standard InChI is InChI=1S/C32H35ClN2O5/c1-20(36)26-17-34-15-14-32(26,30(38)39)35(19-31(2,3)4)27-13-12-22(33)16-25(27)29(40-18-28(35)37)24-11-7-9-21-8-5-6-10-23(21)24/h5-13,16,26,29,34H,14-15,17-19H2,1-4H3/p+1/t26-,29?,32+,35+/m1/s1. The van der Waals surface area contributed by atoms with Crippen LogP contribution in [-0.4, -0.2) is 54.5 Å². The Balaban J connectivity index is 1.89. The van der Waals surface area contributed by atoms with E-state index < -0.39 is 33.4 Å². The molecule has 0 aromatic heterocycles. The second-order valence-electron chi connectivity index (χ2n) is 12.2. The number of quaternary nitrogens is 1. The van der Waals surface area contributed by atoms with E-state index in [1.54, 1.807) is 18.2 Å². The number of hydrogen-bond acceptors (Lipinski definition) is 5. The third-order valence-electron chi connectivity index (χ3n) is 8.45. The van der Waals surface area contributed by atoms with Crippen LogP contribution < -0.4 is 9.80 Å². The minimum absolute atomic E-state index is 0.107. The molecule has 5 rings (SSSR count). The summed E-state index contributed by atoms with van der Waals surface area (Å²) in [5.41, 5.74) is -0.194. The molecule has 0 aliphatic carbocycles. The number of ketones is 1. The van der Waals surface area contributed by atoms with Crippen molar-refractivity contribution in [3.05, 3.63) is 76.8 Å². The molecule has 2 heterocycles. The zero-order valence-corrected chi connectivity index (χ0v) is 24.1. The minimum atomic E-state index is -1.74. The summed E-state index contributed by atoms with van der Waals surface area (Å²) in [7, 11) is 0. The van der Waals surface area contributed by atoms with Crippen molar-refractivity contribution in [1.82, 2.24) is 9.80 Å². The second kappa shape index (κ2) is 10.4. The summed E-state index contributed by atoms with van der Waals surface area (Å²) >= 11 is 6.60. The van der Waals surface area contributed by atoms with E-state index in [4.69, 9.17) is 16.3 Å². The van der Waals surface area contributed by atoms with Crippen molar-refractivity contribution in [3.63, 3.8) is 0 Å². The fourth-order valence-electron chi connectivity index (χ4n) is 7.00. The number of nitrogens with one attached hydrogen (secondary N) is 1. The van der Waals surface area contributed by atoms with Gasteiger partial charge >= 0.3 is 11.9 Å². The maximum absolute atomic E-state index is 14.7. The summed E-state index contributed by atoms with van der Waals surface area (Å²) in [6.07, 6.45) is -0.567. The predicted octanol–water partition coefficient (Wildman–Crippen LogP) is 5.51. The van der Waals surface area contributed by atoms with Crippen LogP contribution in [0.3, 0.4) is 0 Å². The van der Waals surface area contributed by atoms with Gasteiger partial charge in [-0.15, -0.1) is 0 Å². The molecule has 2 aliphatic heterocycles. The number of ether oxygens (including phenoxy) is 1. The molecule has 0 saturated carbocycles. The number of nitrogens with zero attached hydrogens (tertiary/aromatic N) is 1. The van der Waals surface area contributed by atoms with Crippen LogP contribution in [0.4, 0.5) is 5.69 Å². The molecule has 2 N–H and O–H groups in total. The van der Waals surface area contributed by atoms with Crippen molar-refractivity contribution in [2.45, 2.75) is 45.8 Å². The van der Waals surface area contributed by atoms with Crippen LogP contribution >= 0.6 is 11.6 Å². The number of benzene rings is 3. The van der Waals surface area contributed by atoms with Gasteiger partial charge in [-0.1, -0.05) is 74.8 Å². The average molecular weight is 564 g/mol. The molecular weight excluding hydrogens is 528 g/mol. The number of Topliss-reactive ketones (excluding diaryl/α,β-unsaturated/α-hetero) is 1. The van der Waals surface area contributed by atoms with Gasteiger partial charge in [0.15, 0.2) is 6.61 Å². The average Bonchev–Trinajstić information content (AvgIpc) is 3.02. The number of carbonyl (C=O) groups excluding carboxylic acids is 2. The molecular formula is C32H36ClN2O5+. The largest absolute Gasteiger partial charge is 0.477 e. The van der Waals surface area contributed by atoms with E-state index >= 15 is 0 Å². The molecule has 1 unspecified atom stereocenters. The number of carbonyl (C=O) groups is 3. The van der Waals surface area contributed by atoms with Crippen molar-refractivity contribution < 1.29 is 24.2 Å². The fraction of sp³-hybridized carbons (Fsp3) is 0.406. The number of fused-ring (bicyclic) bond motifs is 2. The molecule has 1 amide bonds. The number of hydrogen-bond donors (Lipinski definition) is 2. The molecule has 8 heteroatoms. The Morgan fingerprint density at radius 1 is 1.10 bits per heavy atom. The molecule has 1 fully saturated rings. The Hall–Kier alpha value is -3.10. The second-order valence-corrected chi connectivity index (χ2v) is 12.7. The highest BCUT2D eigenvalue weighted by molar-refractivity contribution is 6.30. The van der Waals surface area contributed by atoms with E-state index in [-0.39, 0.29) is 37.8 Å². The highest BCUT2D eigenvalue weighted by Crippen LogP contribution is 2.51. The molecule has 7 nitrogen and oxygen atoms in total. The minimum Gasteiger partial charge on any atom is -0.477 e. The molecule has 4 atom stereocenters. The Labute approximate surface area is 239 Å². The normalized spacial score (nSPS) is 27.2. The van der Waals surface area contributed by atoms with Crippen LogP contribution in [0.25, 0.3) is 10.8 Å². The van der Waals surface area contributed by atoms with E-state index in [0.717, 1.165) is 16.3 Å². The summed E-state index contributed by atoms with van der Waals surface area (Å²) in [5.74, 6) is -2.73. The van der Waals surface area contributed by atoms with Crippen LogP contribution in [-0.2, 0) is 19.1 Å². The number of carboxylic acids is 1. The summed E-state index contributed by atoms with van der Waals surface area (Å²) in [6.45, 7) is 7.78. The lowest BCUT2D eigenvalue weighted by Crippen LogP contribution is -2.80. The molecule has 1 saturated heterocycles. The molecule has 40 heavy (non-hydrogen) atoms.